The summed E-state index contributed by atoms with van der Waals surface area (Å²) in [5.41, 5.74) is 9.43. The maximum atomic E-state index is 13.0. The lowest BCUT2D eigenvalue weighted by molar-refractivity contribution is -0.120. The molecule has 0 fully saturated rings. The van der Waals surface area contributed by atoms with Crippen LogP contribution >= 0.6 is 11.3 Å². The van der Waals surface area contributed by atoms with Gasteiger partial charge in [-0.3, -0.25) is 4.79 Å². The second-order valence-corrected chi connectivity index (χ2v) is 6.92. The zero-order valence-electron chi connectivity index (χ0n) is 15.5. The minimum Gasteiger partial charge on any atom is -0.493 e. The van der Waals surface area contributed by atoms with Gasteiger partial charge in [0.25, 0.3) is 0 Å². The third-order valence-electron chi connectivity index (χ3n) is 3.69. The summed E-state index contributed by atoms with van der Waals surface area (Å²) in [7, 11) is 1.52. The van der Waals surface area contributed by atoms with Crippen molar-refractivity contribution in [2.24, 2.45) is 5.10 Å². The molecule has 29 heavy (non-hydrogen) atoms. The standard InChI is InChI=1S/C19H18FN5O3S/c1-27-16-8-13(10-22-23-17(26)9-18-24-25-19(21)29-18)4-7-15(16)28-11-12-2-5-14(20)6-3-12/h2-8,10H,9,11H2,1H3,(H2,21,25)(H,23,26). The van der Waals surface area contributed by atoms with Gasteiger partial charge in [0.1, 0.15) is 17.4 Å². The Hall–Kier alpha value is -3.53. The number of carbonyl (C=O) groups excluding carboxylic acids is 1. The van der Waals surface area contributed by atoms with Gasteiger partial charge >= 0.3 is 0 Å². The Morgan fingerprint density at radius 1 is 1.24 bits per heavy atom. The number of methoxy groups -OCH3 is 1. The molecule has 150 valence electrons. The van der Waals surface area contributed by atoms with E-state index in [0.717, 1.165) is 16.9 Å². The van der Waals surface area contributed by atoms with Gasteiger partial charge in [-0.05, 0) is 41.5 Å². The number of nitrogen functional groups attached to an aromatic ring is 1. The van der Waals surface area contributed by atoms with E-state index in [4.69, 9.17) is 15.2 Å². The van der Waals surface area contributed by atoms with Gasteiger partial charge in [-0.25, -0.2) is 9.82 Å². The normalized spacial score (nSPS) is 10.8. The van der Waals surface area contributed by atoms with Crippen molar-refractivity contribution in [2.75, 3.05) is 12.8 Å². The van der Waals surface area contributed by atoms with Crippen molar-refractivity contribution in [3.63, 3.8) is 0 Å². The van der Waals surface area contributed by atoms with E-state index in [2.05, 4.69) is 20.7 Å². The molecule has 3 N–H and O–H groups in total. The van der Waals surface area contributed by atoms with Crippen LogP contribution in [0.5, 0.6) is 11.5 Å². The fraction of sp³-hybridized carbons (Fsp3) is 0.158. The molecule has 0 atom stereocenters. The van der Waals surface area contributed by atoms with E-state index < -0.39 is 0 Å². The van der Waals surface area contributed by atoms with Gasteiger partial charge in [0.15, 0.2) is 11.5 Å². The summed E-state index contributed by atoms with van der Waals surface area (Å²) in [6.45, 7) is 0.274. The van der Waals surface area contributed by atoms with E-state index in [0.29, 0.717) is 27.2 Å². The Labute approximate surface area is 170 Å². The molecule has 0 saturated carbocycles. The highest BCUT2D eigenvalue weighted by Crippen LogP contribution is 2.28. The van der Waals surface area contributed by atoms with Crippen molar-refractivity contribution in [2.45, 2.75) is 13.0 Å². The molecule has 0 spiro atoms. The number of ether oxygens (including phenoxy) is 2. The van der Waals surface area contributed by atoms with Crippen molar-refractivity contribution in [1.82, 2.24) is 15.6 Å². The number of aromatic nitrogens is 2. The molecule has 0 aliphatic heterocycles. The summed E-state index contributed by atoms with van der Waals surface area (Å²) in [5.74, 6) is 0.414. The summed E-state index contributed by atoms with van der Waals surface area (Å²) >= 11 is 1.15. The van der Waals surface area contributed by atoms with Crippen LogP contribution in [-0.4, -0.2) is 29.4 Å². The van der Waals surface area contributed by atoms with Crippen LogP contribution < -0.4 is 20.6 Å². The van der Waals surface area contributed by atoms with Crippen molar-refractivity contribution >= 4 is 28.6 Å². The van der Waals surface area contributed by atoms with Crippen LogP contribution in [0.15, 0.2) is 47.6 Å². The Morgan fingerprint density at radius 3 is 2.72 bits per heavy atom. The van der Waals surface area contributed by atoms with Crippen LogP contribution in [0.4, 0.5) is 9.52 Å². The van der Waals surface area contributed by atoms with Crippen LogP contribution in [0.2, 0.25) is 0 Å². The van der Waals surface area contributed by atoms with Gasteiger partial charge in [0.2, 0.25) is 11.0 Å². The van der Waals surface area contributed by atoms with Gasteiger partial charge in [-0.15, -0.1) is 10.2 Å². The fourth-order valence-electron chi connectivity index (χ4n) is 2.32. The topological polar surface area (TPSA) is 112 Å². The zero-order valence-corrected chi connectivity index (χ0v) is 16.3. The number of nitrogens with two attached hydrogens (primary N) is 1. The van der Waals surface area contributed by atoms with E-state index in [9.17, 15) is 9.18 Å². The van der Waals surface area contributed by atoms with E-state index in [-0.39, 0.29) is 24.8 Å². The summed E-state index contributed by atoms with van der Waals surface area (Å²) in [5, 5.41) is 12.2. The van der Waals surface area contributed by atoms with Gasteiger partial charge < -0.3 is 15.2 Å². The van der Waals surface area contributed by atoms with Crippen LogP contribution in [0, 0.1) is 5.82 Å². The van der Waals surface area contributed by atoms with Crippen LogP contribution in [0.1, 0.15) is 16.1 Å². The Kier molecular flexibility index (Phi) is 6.69. The zero-order chi connectivity index (χ0) is 20.6. The summed E-state index contributed by atoms with van der Waals surface area (Å²) in [4.78, 5) is 11.8. The number of benzene rings is 2. The van der Waals surface area contributed by atoms with Crippen molar-refractivity contribution in [3.05, 3.63) is 64.4 Å². The van der Waals surface area contributed by atoms with E-state index in [1.807, 2.05) is 0 Å². The summed E-state index contributed by atoms with van der Waals surface area (Å²) < 4.78 is 24.0. The molecule has 0 radical (unpaired) electrons. The molecule has 0 aliphatic carbocycles. The SMILES string of the molecule is COc1cc(C=NNC(=O)Cc2nnc(N)s2)ccc1OCc1ccc(F)cc1. The second-order valence-electron chi connectivity index (χ2n) is 5.83. The Bertz CT molecular complexity index is 1010. The first-order valence-electron chi connectivity index (χ1n) is 8.48. The molecule has 0 saturated heterocycles. The number of carbonyl (C=O) groups is 1. The lowest BCUT2D eigenvalue weighted by atomic mass is 10.2. The van der Waals surface area contributed by atoms with Gasteiger partial charge in [-0.1, -0.05) is 23.5 Å². The average molecular weight is 415 g/mol. The maximum Gasteiger partial charge on any atom is 0.247 e. The van der Waals surface area contributed by atoms with Crippen molar-refractivity contribution in [3.8, 4) is 11.5 Å². The molecule has 8 nitrogen and oxygen atoms in total. The number of nitrogens with zero attached hydrogens (tertiary/aromatic N) is 3. The molecule has 1 aromatic heterocycles. The first-order valence-corrected chi connectivity index (χ1v) is 9.30. The third kappa shape index (κ3) is 5.98. The number of rotatable bonds is 8. The number of hydrogen-bond acceptors (Lipinski definition) is 8. The number of anilines is 1. The second kappa shape index (κ2) is 9.60. The van der Waals surface area contributed by atoms with Crippen LogP contribution in [-0.2, 0) is 17.8 Å². The largest absolute Gasteiger partial charge is 0.493 e. The third-order valence-corrected chi connectivity index (χ3v) is 4.44. The molecular weight excluding hydrogens is 397 g/mol. The summed E-state index contributed by atoms with van der Waals surface area (Å²) in [6.07, 6.45) is 1.53. The van der Waals surface area contributed by atoms with Crippen molar-refractivity contribution < 1.29 is 18.7 Å². The number of hydrogen-bond donors (Lipinski definition) is 2. The fourth-order valence-corrected chi connectivity index (χ4v) is 2.93. The molecular formula is C19H18FN5O3S. The first-order chi connectivity index (χ1) is 14.0. The highest BCUT2D eigenvalue weighted by molar-refractivity contribution is 7.15. The smallest absolute Gasteiger partial charge is 0.247 e. The molecule has 2 aromatic carbocycles. The lowest BCUT2D eigenvalue weighted by Gasteiger charge is -2.11. The number of amides is 1. The summed E-state index contributed by atoms with van der Waals surface area (Å²) in [6, 6.07) is 11.3. The molecule has 1 amide bonds. The maximum absolute atomic E-state index is 13.0. The predicted octanol–water partition coefficient (Wildman–Crippen LogP) is 2.54. The molecule has 1 heterocycles. The molecule has 3 aromatic rings. The molecule has 0 bridgehead atoms. The van der Waals surface area contributed by atoms with Crippen molar-refractivity contribution in [1.29, 1.82) is 0 Å². The Morgan fingerprint density at radius 2 is 2.03 bits per heavy atom. The highest BCUT2D eigenvalue weighted by Gasteiger charge is 2.08. The van der Waals surface area contributed by atoms with E-state index >= 15 is 0 Å². The first kappa shape index (κ1) is 20.2. The number of halogens is 1. The lowest BCUT2D eigenvalue weighted by Crippen LogP contribution is -2.19. The quantitative estimate of drug-likeness (QED) is 0.432. The van der Waals surface area contributed by atoms with Crippen LogP contribution in [0.3, 0.4) is 0 Å². The molecule has 0 aliphatic rings. The van der Waals surface area contributed by atoms with Gasteiger partial charge in [-0.2, -0.15) is 5.10 Å². The van der Waals surface area contributed by atoms with Crippen LogP contribution in [0.25, 0.3) is 0 Å². The monoisotopic (exact) mass is 415 g/mol. The number of hydrazone groups is 1. The van der Waals surface area contributed by atoms with E-state index in [1.54, 1.807) is 30.3 Å². The minimum absolute atomic E-state index is 0.0473. The average Bonchev–Trinajstić information content (AvgIpc) is 3.12. The van der Waals surface area contributed by atoms with Gasteiger partial charge in [0, 0.05) is 0 Å². The predicted molar refractivity (Wildman–Crippen MR) is 107 cm³/mol. The molecule has 0 unspecified atom stereocenters. The van der Waals surface area contributed by atoms with E-state index in [1.165, 1.54) is 25.5 Å². The highest BCUT2D eigenvalue weighted by atomic mass is 32.1. The Balaban J connectivity index is 1.56. The molecule has 10 heteroatoms. The van der Waals surface area contributed by atoms with Gasteiger partial charge in [0.05, 0.1) is 19.7 Å². The molecule has 3 rings (SSSR count). The minimum atomic E-state index is -0.330. The number of nitrogens with one attached hydrogen (secondary N) is 1.